The zero-order chi connectivity index (χ0) is 16.7. The molecule has 0 aliphatic carbocycles. The van der Waals surface area contributed by atoms with Gasteiger partial charge in [0, 0.05) is 18.7 Å². The van der Waals surface area contributed by atoms with Gasteiger partial charge in [-0.1, -0.05) is 60.7 Å². The summed E-state index contributed by atoms with van der Waals surface area (Å²) in [6, 6.07) is 18.3. The number of rotatable bonds is 8. The quantitative estimate of drug-likeness (QED) is 0.581. The number of ketones is 1. The Morgan fingerprint density at radius 2 is 1.65 bits per heavy atom. The summed E-state index contributed by atoms with van der Waals surface area (Å²) >= 11 is 0. The normalized spacial score (nSPS) is 14.9. The van der Waals surface area contributed by atoms with E-state index in [1.54, 1.807) is 19.2 Å². The van der Waals surface area contributed by atoms with Crippen LogP contribution >= 0.6 is 0 Å². The third-order valence-corrected chi connectivity index (χ3v) is 3.81. The van der Waals surface area contributed by atoms with E-state index in [0.29, 0.717) is 5.56 Å². The molecule has 0 saturated heterocycles. The summed E-state index contributed by atoms with van der Waals surface area (Å²) in [4.78, 5) is 12.3. The van der Waals surface area contributed by atoms with Crippen LogP contribution < -0.4 is 5.32 Å². The fourth-order valence-corrected chi connectivity index (χ4v) is 2.44. The fourth-order valence-electron chi connectivity index (χ4n) is 2.44. The number of hydrogen-bond donors (Lipinski definition) is 2. The number of carbonyl (C=O) groups excluding carboxylic acids is 1. The van der Waals surface area contributed by atoms with Crippen molar-refractivity contribution in [3.8, 4) is 0 Å². The molecule has 4 nitrogen and oxygen atoms in total. The van der Waals surface area contributed by atoms with Crippen LogP contribution in [0.15, 0.2) is 60.7 Å². The SMILES string of the molecule is CO[C@H](CC(=O)c1ccccc1)N[C@H](C)[C@@H](O)c1ccccc1. The highest BCUT2D eigenvalue weighted by atomic mass is 16.5. The highest BCUT2D eigenvalue weighted by Crippen LogP contribution is 2.17. The summed E-state index contributed by atoms with van der Waals surface area (Å²) in [6.07, 6.45) is -0.899. The van der Waals surface area contributed by atoms with Gasteiger partial charge in [-0.05, 0) is 12.5 Å². The monoisotopic (exact) mass is 313 g/mol. The number of ether oxygens (including phenoxy) is 1. The highest BCUT2D eigenvalue weighted by Gasteiger charge is 2.21. The first kappa shape index (κ1) is 17.3. The molecule has 23 heavy (non-hydrogen) atoms. The maximum atomic E-state index is 12.3. The topological polar surface area (TPSA) is 58.6 Å². The van der Waals surface area contributed by atoms with Gasteiger partial charge in [0.15, 0.2) is 5.78 Å². The fraction of sp³-hybridized carbons (Fsp3) is 0.316. The van der Waals surface area contributed by atoms with Gasteiger partial charge < -0.3 is 9.84 Å². The Hall–Kier alpha value is -2.01. The van der Waals surface area contributed by atoms with Crippen molar-refractivity contribution in [2.75, 3.05) is 7.11 Å². The second kappa shape index (κ2) is 8.58. The van der Waals surface area contributed by atoms with Crippen molar-refractivity contribution in [3.63, 3.8) is 0 Å². The first-order valence-corrected chi connectivity index (χ1v) is 7.72. The first-order valence-electron chi connectivity index (χ1n) is 7.72. The molecule has 3 atom stereocenters. The number of benzene rings is 2. The van der Waals surface area contributed by atoms with Crippen molar-refractivity contribution in [2.45, 2.75) is 31.7 Å². The van der Waals surface area contributed by atoms with E-state index in [2.05, 4.69) is 5.32 Å². The van der Waals surface area contributed by atoms with E-state index in [1.807, 2.05) is 55.5 Å². The second-order valence-corrected chi connectivity index (χ2v) is 5.53. The maximum Gasteiger partial charge on any atom is 0.166 e. The molecule has 0 unspecified atom stereocenters. The minimum Gasteiger partial charge on any atom is -0.387 e. The van der Waals surface area contributed by atoms with Crippen molar-refractivity contribution in [3.05, 3.63) is 71.8 Å². The van der Waals surface area contributed by atoms with Crippen molar-refractivity contribution >= 4 is 5.78 Å². The predicted molar refractivity (Wildman–Crippen MR) is 90.2 cm³/mol. The van der Waals surface area contributed by atoms with E-state index in [4.69, 9.17) is 4.74 Å². The van der Waals surface area contributed by atoms with Crippen LogP contribution in [0.25, 0.3) is 0 Å². The molecule has 4 heteroatoms. The molecule has 2 N–H and O–H groups in total. The van der Waals surface area contributed by atoms with Gasteiger partial charge in [0.2, 0.25) is 0 Å². The van der Waals surface area contributed by atoms with Crippen LogP contribution in [0, 0.1) is 0 Å². The van der Waals surface area contributed by atoms with E-state index in [1.165, 1.54) is 0 Å². The Kier molecular flexibility index (Phi) is 6.47. The number of aliphatic hydroxyl groups is 1. The number of Topliss-reactive ketones (excluding diaryl/α,β-unsaturated/α-hetero) is 1. The molecule has 0 fully saturated rings. The van der Waals surface area contributed by atoms with Gasteiger partial charge in [0.25, 0.3) is 0 Å². The molecule has 2 aromatic carbocycles. The van der Waals surface area contributed by atoms with Crippen molar-refractivity contribution in [1.29, 1.82) is 0 Å². The largest absolute Gasteiger partial charge is 0.387 e. The number of hydrogen-bond acceptors (Lipinski definition) is 4. The predicted octanol–water partition coefficient (Wildman–Crippen LogP) is 2.94. The zero-order valence-corrected chi connectivity index (χ0v) is 13.5. The van der Waals surface area contributed by atoms with Gasteiger partial charge in [-0.25, -0.2) is 0 Å². The van der Waals surface area contributed by atoms with E-state index in [-0.39, 0.29) is 18.2 Å². The number of aliphatic hydroxyl groups excluding tert-OH is 1. The Morgan fingerprint density at radius 1 is 1.09 bits per heavy atom. The van der Waals surface area contributed by atoms with Crippen LogP contribution in [-0.2, 0) is 4.74 Å². The van der Waals surface area contributed by atoms with Gasteiger partial charge in [-0.15, -0.1) is 0 Å². The van der Waals surface area contributed by atoms with Crippen molar-refractivity contribution in [1.82, 2.24) is 5.32 Å². The zero-order valence-electron chi connectivity index (χ0n) is 13.5. The molecule has 0 radical (unpaired) electrons. The van der Waals surface area contributed by atoms with Crippen LogP contribution in [0.2, 0.25) is 0 Å². The number of carbonyl (C=O) groups is 1. The Balaban J connectivity index is 1.95. The molecular weight excluding hydrogens is 290 g/mol. The average Bonchev–Trinajstić information content (AvgIpc) is 2.61. The lowest BCUT2D eigenvalue weighted by molar-refractivity contribution is 0.0311. The van der Waals surface area contributed by atoms with Gasteiger partial charge in [0.05, 0.1) is 12.5 Å². The van der Waals surface area contributed by atoms with E-state index < -0.39 is 12.3 Å². The Bertz CT molecular complexity index is 601. The van der Waals surface area contributed by atoms with E-state index in [9.17, 15) is 9.90 Å². The molecule has 122 valence electrons. The van der Waals surface area contributed by atoms with Crippen molar-refractivity contribution in [2.24, 2.45) is 0 Å². The van der Waals surface area contributed by atoms with Gasteiger partial charge in [0.1, 0.15) is 6.23 Å². The van der Waals surface area contributed by atoms with Crippen molar-refractivity contribution < 1.29 is 14.6 Å². The third-order valence-electron chi connectivity index (χ3n) is 3.81. The molecule has 0 heterocycles. The number of nitrogens with one attached hydrogen (secondary N) is 1. The first-order chi connectivity index (χ1) is 11.1. The summed E-state index contributed by atoms with van der Waals surface area (Å²) in [5.74, 6) is 0.00588. The molecule has 0 aliphatic heterocycles. The molecule has 0 saturated carbocycles. The maximum absolute atomic E-state index is 12.3. The van der Waals surface area contributed by atoms with E-state index >= 15 is 0 Å². The lowest BCUT2D eigenvalue weighted by Gasteiger charge is -2.25. The molecule has 0 aliphatic rings. The Morgan fingerprint density at radius 3 is 2.22 bits per heavy atom. The summed E-state index contributed by atoms with van der Waals surface area (Å²) < 4.78 is 5.36. The summed E-state index contributed by atoms with van der Waals surface area (Å²) in [6.45, 7) is 1.87. The van der Waals surface area contributed by atoms with Crippen LogP contribution in [0.1, 0.15) is 35.4 Å². The molecule has 2 aromatic rings. The molecule has 0 aromatic heterocycles. The van der Waals surface area contributed by atoms with Crippen LogP contribution in [0.3, 0.4) is 0 Å². The molecule has 2 rings (SSSR count). The average molecular weight is 313 g/mol. The molecule has 0 bridgehead atoms. The molecule has 0 amide bonds. The van der Waals surface area contributed by atoms with E-state index in [0.717, 1.165) is 5.56 Å². The standard InChI is InChI=1S/C19H23NO3/c1-14(19(22)16-11-7-4-8-12-16)20-18(23-2)13-17(21)15-9-5-3-6-10-15/h3-12,14,18-20,22H,13H2,1-2H3/t14-,18-,19-/m1/s1. The lowest BCUT2D eigenvalue weighted by atomic mass is 10.0. The van der Waals surface area contributed by atoms with Gasteiger partial charge >= 0.3 is 0 Å². The van der Waals surface area contributed by atoms with Crippen LogP contribution in [-0.4, -0.2) is 30.3 Å². The van der Waals surface area contributed by atoms with Gasteiger partial charge in [-0.3, -0.25) is 10.1 Å². The third kappa shape index (κ3) is 4.99. The lowest BCUT2D eigenvalue weighted by Crippen LogP contribution is -2.42. The molecule has 0 spiro atoms. The number of methoxy groups -OCH3 is 1. The summed E-state index contributed by atoms with van der Waals surface area (Å²) in [5.41, 5.74) is 1.49. The van der Waals surface area contributed by atoms with Crippen LogP contribution in [0.5, 0.6) is 0 Å². The van der Waals surface area contributed by atoms with Crippen LogP contribution in [0.4, 0.5) is 0 Å². The minimum atomic E-state index is -0.666. The summed E-state index contributed by atoms with van der Waals surface area (Å²) in [5, 5.41) is 13.6. The highest BCUT2D eigenvalue weighted by molar-refractivity contribution is 5.96. The van der Waals surface area contributed by atoms with Gasteiger partial charge in [-0.2, -0.15) is 0 Å². The summed E-state index contributed by atoms with van der Waals surface area (Å²) in [7, 11) is 1.55. The smallest absolute Gasteiger partial charge is 0.166 e. The second-order valence-electron chi connectivity index (χ2n) is 5.53. The molecular formula is C19H23NO3. The Labute approximate surface area is 137 Å². The minimum absolute atomic E-state index is 0.00588.